The fraction of sp³-hybridized carbons (Fsp3) is 0.227. The Bertz CT molecular complexity index is 1250. The van der Waals surface area contributed by atoms with Crippen molar-refractivity contribution in [2.45, 2.75) is 25.7 Å². The molecule has 0 saturated heterocycles. The lowest BCUT2D eigenvalue weighted by Gasteiger charge is -2.09. The molecule has 0 aliphatic rings. The molecular weight excluding hydrogens is 439 g/mol. The third kappa shape index (κ3) is 5.50. The van der Waals surface area contributed by atoms with E-state index in [-0.39, 0.29) is 18.7 Å². The van der Waals surface area contributed by atoms with Crippen LogP contribution in [-0.4, -0.2) is 37.4 Å². The quantitative estimate of drug-likeness (QED) is 0.328. The molecule has 0 radical (unpaired) electrons. The molecule has 0 spiro atoms. The Morgan fingerprint density at radius 1 is 1.18 bits per heavy atom. The van der Waals surface area contributed by atoms with Crippen LogP contribution in [0.15, 0.2) is 54.7 Å². The van der Waals surface area contributed by atoms with Crippen molar-refractivity contribution in [3.8, 4) is 11.4 Å². The van der Waals surface area contributed by atoms with Gasteiger partial charge in [-0.1, -0.05) is 18.2 Å². The number of para-hydroxylation sites is 1. The second kappa shape index (κ2) is 9.33. The normalized spacial score (nSPS) is 11.7. The highest BCUT2D eigenvalue weighted by Gasteiger charge is 2.36. The zero-order valence-electron chi connectivity index (χ0n) is 17.3. The van der Waals surface area contributed by atoms with Gasteiger partial charge in [0.2, 0.25) is 0 Å². The molecule has 0 bridgehead atoms. The molecule has 172 valence electrons. The number of rotatable bonds is 9. The van der Waals surface area contributed by atoms with E-state index in [2.05, 4.69) is 20.4 Å². The van der Waals surface area contributed by atoms with E-state index < -0.39 is 17.8 Å². The molecule has 0 atom stereocenters. The number of pyridine rings is 1. The maximum Gasteiger partial charge on any atom is 0.433 e. The average molecular weight is 459 g/mol. The predicted octanol–water partition coefficient (Wildman–Crippen LogP) is 3.91. The van der Waals surface area contributed by atoms with Gasteiger partial charge >= 0.3 is 12.1 Å². The number of benzene rings is 1. The molecule has 3 aromatic heterocycles. The number of carbonyl (C=O) groups is 1. The van der Waals surface area contributed by atoms with Gasteiger partial charge in [-0.3, -0.25) is 4.79 Å². The molecule has 3 heterocycles. The van der Waals surface area contributed by atoms with Crippen LogP contribution in [0.3, 0.4) is 0 Å². The van der Waals surface area contributed by atoms with Gasteiger partial charge in [0.25, 0.3) is 0 Å². The first kappa shape index (κ1) is 22.3. The van der Waals surface area contributed by atoms with Gasteiger partial charge in [-0.15, -0.1) is 0 Å². The molecule has 1 aromatic carbocycles. The minimum absolute atomic E-state index is 0.0204. The third-order valence-corrected chi connectivity index (χ3v) is 4.77. The molecule has 0 unspecified atom stereocenters. The highest BCUT2D eigenvalue weighted by molar-refractivity contribution is 5.77. The van der Waals surface area contributed by atoms with Gasteiger partial charge < -0.3 is 20.1 Å². The summed E-state index contributed by atoms with van der Waals surface area (Å²) in [6.45, 7) is 0.614. The van der Waals surface area contributed by atoms with Crippen LogP contribution < -0.4 is 10.1 Å². The molecule has 33 heavy (non-hydrogen) atoms. The molecule has 8 nitrogen and oxygen atoms in total. The van der Waals surface area contributed by atoms with Gasteiger partial charge in [0.1, 0.15) is 29.4 Å². The molecule has 0 amide bonds. The molecule has 4 aromatic rings. The van der Waals surface area contributed by atoms with Crippen molar-refractivity contribution in [1.29, 1.82) is 0 Å². The number of ether oxygens (including phenoxy) is 1. The number of hydrogen-bond donors (Lipinski definition) is 3. The van der Waals surface area contributed by atoms with Crippen molar-refractivity contribution in [3.63, 3.8) is 0 Å². The van der Waals surface area contributed by atoms with Crippen molar-refractivity contribution < 1.29 is 27.8 Å². The van der Waals surface area contributed by atoms with E-state index >= 15 is 0 Å². The Balaban J connectivity index is 1.46. The highest BCUT2D eigenvalue weighted by atomic mass is 19.4. The maximum atomic E-state index is 13.5. The summed E-state index contributed by atoms with van der Waals surface area (Å²) < 4.78 is 47.0. The first-order valence-electron chi connectivity index (χ1n) is 10.0. The Kier molecular flexibility index (Phi) is 6.31. The second-order valence-corrected chi connectivity index (χ2v) is 7.28. The minimum Gasteiger partial charge on any atom is -0.486 e. The van der Waals surface area contributed by atoms with E-state index in [0.717, 1.165) is 21.8 Å². The van der Waals surface area contributed by atoms with Crippen LogP contribution in [0.2, 0.25) is 0 Å². The van der Waals surface area contributed by atoms with Crippen LogP contribution in [-0.2, 0) is 24.1 Å². The molecule has 0 aliphatic carbocycles. The van der Waals surface area contributed by atoms with Crippen molar-refractivity contribution in [2.75, 3.05) is 6.54 Å². The lowest BCUT2D eigenvalue weighted by molar-refractivity contribution is -0.143. The summed E-state index contributed by atoms with van der Waals surface area (Å²) in [5, 5.41) is 16.5. The van der Waals surface area contributed by atoms with Crippen LogP contribution in [0, 0.1) is 0 Å². The molecule has 11 heteroatoms. The average Bonchev–Trinajstić information content (AvgIpc) is 3.39. The number of aromatic amines is 1. The maximum absolute atomic E-state index is 13.5. The van der Waals surface area contributed by atoms with E-state index in [0.29, 0.717) is 30.2 Å². The molecule has 0 saturated carbocycles. The van der Waals surface area contributed by atoms with Crippen LogP contribution >= 0.6 is 0 Å². The number of halogens is 3. The Morgan fingerprint density at radius 3 is 2.70 bits per heavy atom. The van der Waals surface area contributed by atoms with E-state index in [1.54, 1.807) is 36.4 Å². The van der Waals surface area contributed by atoms with Crippen LogP contribution in [0.4, 0.5) is 13.2 Å². The summed E-state index contributed by atoms with van der Waals surface area (Å²) in [6, 6.07) is 12.6. The Labute approximate surface area is 186 Å². The Hall–Kier alpha value is -3.86. The number of carboxylic acid groups (broad SMARTS) is 1. The van der Waals surface area contributed by atoms with Gasteiger partial charge in [-0.05, 0) is 30.3 Å². The summed E-state index contributed by atoms with van der Waals surface area (Å²) in [5.74, 6) is -0.492. The second-order valence-electron chi connectivity index (χ2n) is 7.28. The van der Waals surface area contributed by atoms with Crippen molar-refractivity contribution >= 4 is 17.0 Å². The SMILES string of the molecule is O=C(O)CCNCc1cc2cc(OCc3cc(C(F)(F)F)n(-c4ccccc4)n3)cnc2[nH]1. The summed E-state index contributed by atoms with van der Waals surface area (Å²) >= 11 is 0. The third-order valence-electron chi connectivity index (χ3n) is 4.77. The van der Waals surface area contributed by atoms with E-state index in [9.17, 15) is 18.0 Å². The number of aliphatic carboxylic acids is 1. The number of fused-ring (bicyclic) bond motifs is 1. The van der Waals surface area contributed by atoms with E-state index in [1.165, 1.54) is 6.20 Å². The van der Waals surface area contributed by atoms with Crippen molar-refractivity contribution in [2.24, 2.45) is 0 Å². The van der Waals surface area contributed by atoms with Gasteiger partial charge in [-0.2, -0.15) is 18.3 Å². The zero-order valence-corrected chi connectivity index (χ0v) is 17.3. The summed E-state index contributed by atoms with van der Waals surface area (Å²) in [7, 11) is 0. The lowest BCUT2D eigenvalue weighted by Crippen LogP contribution is -2.17. The van der Waals surface area contributed by atoms with Crippen LogP contribution in [0.5, 0.6) is 5.75 Å². The smallest absolute Gasteiger partial charge is 0.433 e. The molecule has 3 N–H and O–H groups in total. The largest absolute Gasteiger partial charge is 0.486 e. The molecule has 0 aliphatic heterocycles. The standard InChI is InChI=1S/C22H20F3N5O3/c23-22(24,25)19-10-16(29-30(19)17-4-2-1-3-5-17)13-33-18-9-14-8-15(28-21(14)27-12-18)11-26-7-6-20(31)32/h1-5,8-10,12,26H,6-7,11,13H2,(H,27,28)(H,31,32). The van der Waals surface area contributed by atoms with Gasteiger partial charge in [0.15, 0.2) is 0 Å². The fourth-order valence-corrected chi connectivity index (χ4v) is 3.27. The summed E-state index contributed by atoms with van der Waals surface area (Å²) in [6.07, 6.45) is -3.08. The fourth-order valence-electron chi connectivity index (χ4n) is 3.27. The molecule has 0 fully saturated rings. The number of aromatic nitrogens is 4. The van der Waals surface area contributed by atoms with Crippen LogP contribution in [0.1, 0.15) is 23.5 Å². The number of carboxylic acids is 1. The highest BCUT2D eigenvalue weighted by Crippen LogP contribution is 2.32. The topological polar surface area (TPSA) is 105 Å². The first-order valence-corrected chi connectivity index (χ1v) is 10.0. The zero-order chi connectivity index (χ0) is 23.4. The van der Waals surface area contributed by atoms with E-state index in [4.69, 9.17) is 9.84 Å². The van der Waals surface area contributed by atoms with Crippen LogP contribution in [0.25, 0.3) is 16.7 Å². The van der Waals surface area contributed by atoms with Gasteiger partial charge in [0, 0.05) is 24.2 Å². The van der Waals surface area contributed by atoms with Gasteiger partial charge in [0.05, 0.1) is 18.3 Å². The number of nitrogens with zero attached hydrogens (tertiary/aromatic N) is 3. The van der Waals surface area contributed by atoms with E-state index in [1.807, 2.05) is 6.07 Å². The monoisotopic (exact) mass is 459 g/mol. The lowest BCUT2D eigenvalue weighted by atomic mass is 10.3. The molecular formula is C22H20F3N5O3. The predicted molar refractivity (Wildman–Crippen MR) is 113 cm³/mol. The summed E-state index contributed by atoms with van der Waals surface area (Å²) in [5.41, 5.74) is 0.979. The molecule has 4 rings (SSSR count). The Morgan fingerprint density at radius 2 is 1.97 bits per heavy atom. The minimum atomic E-state index is -4.57. The van der Waals surface area contributed by atoms with Crippen molar-refractivity contribution in [3.05, 3.63) is 71.8 Å². The van der Waals surface area contributed by atoms with Gasteiger partial charge in [-0.25, -0.2) is 9.67 Å². The number of hydrogen-bond acceptors (Lipinski definition) is 5. The number of H-pyrrole nitrogens is 1. The first-order chi connectivity index (χ1) is 15.8. The number of alkyl halides is 3. The summed E-state index contributed by atoms with van der Waals surface area (Å²) in [4.78, 5) is 17.9. The van der Waals surface area contributed by atoms with Crippen molar-refractivity contribution in [1.82, 2.24) is 25.1 Å². The number of nitrogens with one attached hydrogen (secondary N) is 2.